The van der Waals surface area contributed by atoms with Gasteiger partial charge in [0.1, 0.15) is 0 Å². The molecule has 0 spiro atoms. The minimum absolute atomic E-state index is 0.214. The van der Waals surface area contributed by atoms with Crippen LogP contribution in [0.25, 0.3) is 0 Å². The number of hydrogen-bond acceptors (Lipinski definition) is 5. The number of piperidine rings is 1. The van der Waals surface area contributed by atoms with E-state index >= 15 is 0 Å². The molecule has 1 aromatic heterocycles. The van der Waals surface area contributed by atoms with Crippen LogP contribution < -0.4 is 0 Å². The van der Waals surface area contributed by atoms with Crippen LogP contribution >= 0.6 is 0 Å². The van der Waals surface area contributed by atoms with Gasteiger partial charge in [0.15, 0.2) is 5.82 Å². The molecular formula is C14H23N3O3. The third-order valence-electron chi connectivity index (χ3n) is 4.13. The van der Waals surface area contributed by atoms with Crippen LogP contribution in [0.4, 0.5) is 0 Å². The summed E-state index contributed by atoms with van der Waals surface area (Å²) in [6, 6.07) is 0. The molecule has 2 heterocycles. The van der Waals surface area contributed by atoms with Crippen molar-refractivity contribution in [3.63, 3.8) is 0 Å². The average Bonchev–Trinajstić information content (AvgIpc) is 2.87. The molecule has 6 nitrogen and oxygen atoms in total. The van der Waals surface area contributed by atoms with Gasteiger partial charge in [-0.2, -0.15) is 4.98 Å². The Hall–Kier alpha value is -1.43. The molecule has 0 amide bonds. The summed E-state index contributed by atoms with van der Waals surface area (Å²) in [4.78, 5) is 18.0. The first-order valence-corrected chi connectivity index (χ1v) is 7.25. The molecular weight excluding hydrogens is 258 g/mol. The first-order valence-electron chi connectivity index (χ1n) is 7.25. The summed E-state index contributed by atoms with van der Waals surface area (Å²) in [6.45, 7) is 7.97. The lowest BCUT2D eigenvalue weighted by Gasteiger charge is -2.38. The van der Waals surface area contributed by atoms with E-state index in [2.05, 4.69) is 15.0 Å². The number of carboxylic acid groups (broad SMARTS) is 1. The second-order valence-corrected chi connectivity index (χ2v) is 5.96. The maximum absolute atomic E-state index is 11.5. The van der Waals surface area contributed by atoms with Crippen LogP contribution in [-0.2, 0) is 11.3 Å². The summed E-state index contributed by atoms with van der Waals surface area (Å²) in [5.74, 6) is 0.801. The van der Waals surface area contributed by atoms with Crippen LogP contribution in [0, 0.1) is 5.41 Å². The molecule has 1 aliphatic rings. The van der Waals surface area contributed by atoms with E-state index in [1.165, 1.54) is 0 Å². The molecule has 0 saturated carbocycles. The standard InChI is InChI=1S/C14H23N3O3/c1-4-14(13(18)19)6-5-7-17(9-14)8-11-15-12(10(2)3)20-16-11/h10H,4-9H2,1-3H3,(H,18,19). The Bertz CT molecular complexity index is 472. The molecule has 1 unspecified atom stereocenters. The monoisotopic (exact) mass is 281 g/mol. The van der Waals surface area contributed by atoms with Gasteiger partial charge >= 0.3 is 5.97 Å². The predicted octanol–water partition coefficient (Wildman–Crippen LogP) is 2.27. The van der Waals surface area contributed by atoms with Crippen molar-refractivity contribution in [1.82, 2.24) is 15.0 Å². The number of carbonyl (C=O) groups is 1. The maximum Gasteiger partial charge on any atom is 0.310 e. The highest BCUT2D eigenvalue weighted by atomic mass is 16.5. The van der Waals surface area contributed by atoms with Crippen LogP contribution in [0.15, 0.2) is 4.52 Å². The van der Waals surface area contributed by atoms with Crippen molar-refractivity contribution >= 4 is 5.97 Å². The van der Waals surface area contributed by atoms with Gasteiger partial charge in [0.2, 0.25) is 5.89 Å². The zero-order valence-corrected chi connectivity index (χ0v) is 12.4. The number of nitrogens with zero attached hydrogens (tertiary/aromatic N) is 3. The van der Waals surface area contributed by atoms with Crippen molar-refractivity contribution in [1.29, 1.82) is 0 Å². The fourth-order valence-corrected chi connectivity index (χ4v) is 2.74. The summed E-state index contributed by atoms with van der Waals surface area (Å²) in [6.07, 6.45) is 2.30. The van der Waals surface area contributed by atoms with Gasteiger partial charge in [-0.15, -0.1) is 0 Å². The molecule has 0 aromatic carbocycles. The third-order valence-corrected chi connectivity index (χ3v) is 4.13. The van der Waals surface area contributed by atoms with Crippen LogP contribution in [-0.4, -0.2) is 39.2 Å². The molecule has 1 atom stereocenters. The van der Waals surface area contributed by atoms with Crippen molar-refractivity contribution in [2.24, 2.45) is 5.41 Å². The van der Waals surface area contributed by atoms with Gasteiger partial charge < -0.3 is 9.63 Å². The number of carboxylic acids is 1. The molecule has 6 heteroatoms. The molecule has 0 aliphatic carbocycles. The highest BCUT2D eigenvalue weighted by Gasteiger charge is 2.40. The van der Waals surface area contributed by atoms with Crippen LogP contribution in [0.1, 0.15) is 57.7 Å². The van der Waals surface area contributed by atoms with Crippen molar-refractivity contribution in [3.05, 3.63) is 11.7 Å². The van der Waals surface area contributed by atoms with Crippen LogP contribution in [0.2, 0.25) is 0 Å². The molecule has 20 heavy (non-hydrogen) atoms. The molecule has 0 bridgehead atoms. The first kappa shape index (κ1) is 15.0. The number of likely N-dealkylation sites (tertiary alicyclic amines) is 1. The Balaban J connectivity index is 2.03. The van der Waals surface area contributed by atoms with E-state index < -0.39 is 11.4 Å². The number of rotatable bonds is 5. The lowest BCUT2D eigenvalue weighted by molar-refractivity contribution is -0.153. The minimum atomic E-state index is -0.694. The molecule has 1 N–H and O–H groups in total. The zero-order valence-electron chi connectivity index (χ0n) is 12.4. The molecule has 1 saturated heterocycles. The molecule has 2 rings (SSSR count). The highest BCUT2D eigenvalue weighted by molar-refractivity contribution is 5.75. The van der Waals surface area contributed by atoms with Crippen LogP contribution in [0.3, 0.4) is 0 Å². The summed E-state index contributed by atoms with van der Waals surface area (Å²) < 4.78 is 5.19. The largest absolute Gasteiger partial charge is 0.481 e. The Morgan fingerprint density at radius 1 is 1.55 bits per heavy atom. The van der Waals surface area contributed by atoms with Gasteiger partial charge in [-0.05, 0) is 25.8 Å². The Morgan fingerprint density at radius 3 is 2.85 bits per heavy atom. The second-order valence-electron chi connectivity index (χ2n) is 5.96. The number of aliphatic carboxylic acids is 1. The first-order chi connectivity index (χ1) is 9.47. The van der Waals surface area contributed by atoms with E-state index in [0.717, 1.165) is 19.4 Å². The van der Waals surface area contributed by atoms with E-state index in [9.17, 15) is 9.90 Å². The molecule has 1 aromatic rings. The topological polar surface area (TPSA) is 79.5 Å². The third kappa shape index (κ3) is 3.00. The average molecular weight is 281 g/mol. The van der Waals surface area contributed by atoms with Gasteiger partial charge in [0, 0.05) is 12.5 Å². The Labute approximate surface area is 119 Å². The maximum atomic E-state index is 11.5. The van der Waals surface area contributed by atoms with Gasteiger partial charge in [-0.1, -0.05) is 25.9 Å². The minimum Gasteiger partial charge on any atom is -0.481 e. The summed E-state index contributed by atoms with van der Waals surface area (Å²) >= 11 is 0. The van der Waals surface area contributed by atoms with Crippen molar-refractivity contribution < 1.29 is 14.4 Å². The van der Waals surface area contributed by atoms with Gasteiger partial charge in [-0.25, -0.2) is 0 Å². The SMILES string of the molecule is CCC1(C(=O)O)CCCN(Cc2noc(C(C)C)n2)C1. The molecule has 1 aliphatic heterocycles. The number of aromatic nitrogens is 2. The van der Waals surface area contributed by atoms with Gasteiger partial charge in [0.25, 0.3) is 0 Å². The van der Waals surface area contributed by atoms with E-state index in [1.54, 1.807) is 0 Å². The predicted molar refractivity (Wildman–Crippen MR) is 73.3 cm³/mol. The summed E-state index contributed by atoms with van der Waals surface area (Å²) in [5, 5.41) is 13.4. The van der Waals surface area contributed by atoms with E-state index in [0.29, 0.717) is 31.2 Å². The molecule has 112 valence electrons. The van der Waals surface area contributed by atoms with Gasteiger partial charge in [-0.3, -0.25) is 9.69 Å². The Morgan fingerprint density at radius 2 is 2.30 bits per heavy atom. The van der Waals surface area contributed by atoms with Gasteiger partial charge in [0.05, 0.1) is 12.0 Å². The van der Waals surface area contributed by atoms with Crippen molar-refractivity contribution in [3.8, 4) is 0 Å². The normalized spacial score (nSPS) is 24.2. The second kappa shape index (κ2) is 5.91. The quantitative estimate of drug-likeness (QED) is 0.892. The van der Waals surface area contributed by atoms with Crippen molar-refractivity contribution in [2.45, 2.75) is 52.5 Å². The number of hydrogen-bond donors (Lipinski definition) is 1. The Kier molecular flexibility index (Phi) is 4.42. The van der Waals surface area contributed by atoms with E-state index in [4.69, 9.17) is 4.52 Å². The molecule has 1 fully saturated rings. The van der Waals surface area contributed by atoms with E-state index in [1.807, 2.05) is 20.8 Å². The lowest BCUT2D eigenvalue weighted by Crippen LogP contribution is -2.47. The molecule has 0 radical (unpaired) electrons. The fourth-order valence-electron chi connectivity index (χ4n) is 2.74. The highest BCUT2D eigenvalue weighted by Crippen LogP contribution is 2.34. The van der Waals surface area contributed by atoms with Crippen LogP contribution in [0.5, 0.6) is 0 Å². The summed E-state index contributed by atoms with van der Waals surface area (Å²) in [7, 11) is 0. The smallest absolute Gasteiger partial charge is 0.310 e. The van der Waals surface area contributed by atoms with E-state index in [-0.39, 0.29) is 5.92 Å². The van der Waals surface area contributed by atoms with Crippen molar-refractivity contribution in [2.75, 3.05) is 13.1 Å². The zero-order chi connectivity index (χ0) is 14.8. The lowest BCUT2D eigenvalue weighted by atomic mass is 9.77. The fraction of sp³-hybridized carbons (Fsp3) is 0.786. The summed E-state index contributed by atoms with van der Waals surface area (Å²) in [5.41, 5.74) is -0.622.